The smallest absolute Gasteiger partial charge is 0.416 e. The molecular formula is C36H46F3N5O5. The van der Waals surface area contributed by atoms with Crippen molar-refractivity contribution in [3.63, 3.8) is 0 Å². The molecule has 0 radical (unpaired) electrons. The molecule has 10 nitrogen and oxygen atoms in total. The number of amidine groups is 1. The number of ether oxygens (including phenoxy) is 2. The summed E-state index contributed by atoms with van der Waals surface area (Å²) in [6.07, 6.45) is 8.70. The minimum atomic E-state index is -4.34. The van der Waals surface area contributed by atoms with E-state index >= 15 is 0 Å². The number of pyridine rings is 1. The van der Waals surface area contributed by atoms with E-state index in [9.17, 15) is 22.8 Å². The molecule has 2 fully saturated rings. The highest BCUT2D eigenvalue weighted by atomic mass is 19.4. The van der Waals surface area contributed by atoms with E-state index in [1.165, 1.54) is 13.2 Å². The molecule has 0 unspecified atom stereocenters. The zero-order valence-corrected chi connectivity index (χ0v) is 28.7. The van der Waals surface area contributed by atoms with Crippen LogP contribution in [0.3, 0.4) is 0 Å². The zero-order chi connectivity index (χ0) is 36.5. The molecule has 2 saturated heterocycles. The number of terminal acetylenes is 1. The van der Waals surface area contributed by atoms with Gasteiger partial charge >= 0.3 is 18.2 Å². The van der Waals surface area contributed by atoms with Gasteiger partial charge < -0.3 is 24.8 Å². The summed E-state index contributed by atoms with van der Waals surface area (Å²) in [5.41, 5.74) is -0.00512. The maximum absolute atomic E-state index is 12.6. The first-order valence-corrected chi connectivity index (χ1v) is 15.6. The number of nitrogens with one attached hydrogen (secondary N) is 1. The molecule has 266 valence electrons. The van der Waals surface area contributed by atoms with Gasteiger partial charge in [-0.15, -0.1) is 12.3 Å². The number of methoxy groups -OCH3 is 1. The van der Waals surface area contributed by atoms with Crippen LogP contribution in [0.15, 0.2) is 83.7 Å². The normalized spacial score (nSPS) is 19.0. The van der Waals surface area contributed by atoms with Crippen molar-refractivity contribution in [1.82, 2.24) is 15.2 Å². The lowest BCUT2D eigenvalue weighted by Gasteiger charge is -2.35. The van der Waals surface area contributed by atoms with Crippen LogP contribution in [0.25, 0.3) is 0 Å². The van der Waals surface area contributed by atoms with Crippen molar-refractivity contribution in [2.24, 2.45) is 10.4 Å². The minimum absolute atomic E-state index is 0.0624. The molecule has 0 saturated carbocycles. The Hall–Kier alpha value is -4.67. The molecular weight excluding hydrogens is 639 g/mol. The molecule has 0 bridgehead atoms. The summed E-state index contributed by atoms with van der Waals surface area (Å²) in [4.78, 5) is 34.6. The highest BCUT2D eigenvalue weighted by Crippen LogP contribution is 2.35. The Morgan fingerprint density at radius 1 is 1.16 bits per heavy atom. The summed E-state index contributed by atoms with van der Waals surface area (Å²) in [7, 11) is 3.60. The molecule has 1 amide bonds. The Balaban J connectivity index is 0.000000259. The number of carbonyl (C=O) groups excluding carboxylic acids is 1. The number of carbonyl (C=O) groups is 2. The third-order valence-corrected chi connectivity index (χ3v) is 7.53. The van der Waals surface area contributed by atoms with Crippen LogP contribution in [0.2, 0.25) is 0 Å². The average Bonchev–Trinajstić information content (AvgIpc) is 3.45. The SMILES string of the molecule is C#CC.CN1CCC2(CC1)CN(c1ccccc1)C(=O)O2.COCC(C)(C)C(=O)O.FC(F)(F)C1=C/CNC(c2cccnc2)=NC/C=C\1. The Bertz CT molecular complexity index is 1460. The van der Waals surface area contributed by atoms with Gasteiger partial charge in [0.1, 0.15) is 11.4 Å². The largest absolute Gasteiger partial charge is 0.481 e. The highest BCUT2D eigenvalue weighted by molar-refractivity contribution is 5.98. The number of nitrogens with zero attached hydrogens (tertiary/aromatic N) is 4. The Morgan fingerprint density at radius 2 is 1.82 bits per heavy atom. The van der Waals surface area contributed by atoms with Crippen molar-refractivity contribution in [3.05, 3.63) is 84.2 Å². The molecule has 13 heteroatoms. The number of alkyl halides is 3. The summed E-state index contributed by atoms with van der Waals surface area (Å²) in [5, 5.41) is 11.4. The quantitative estimate of drug-likeness (QED) is 0.370. The van der Waals surface area contributed by atoms with Crippen LogP contribution in [0.5, 0.6) is 0 Å². The molecule has 2 N–H and O–H groups in total. The van der Waals surface area contributed by atoms with Crippen molar-refractivity contribution in [2.75, 3.05) is 58.4 Å². The van der Waals surface area contributed by atoms with Crippen molar-refractivity contribution < 1.29 is 37.3 Å². The first-order valence-electron chi connectivity index (χ1n) is 15.6. The number of hydrogen-bond donors (Lipinski definition) is 2. The molecule has 2 aromatic rings. The number of benzene rings is 1. The van der Waals surface area contributed by atoms with Crippen LogP contribution >= 0.6 is 0 Å². The lowest BCUT2D eigenvalue weighted by atomic mass is 9.91. The van der Waals surface area contributed by atoms with Crippen LogP contribution in [-0.4, -0.2) is 98.2 Å². The standard InChI is InChI=1S/C14H18N2O2.C13H12F3N3.C6H12O3.C3H4/c1-15-9-7-14(8-10-15)11-16(13(17)18-14)12-5-3-2-4-6-12;14-13(15,16)11-4-2-7-18-12(19-8-5-11)10-3-1-6-17-9-10;1-6(2,4-9-3)5(7)8;1-3-2/h2-6H,7-11H2,1H3;1-6,9H,7-8H2,(H,18,19);4H2,1-3H3,(H,7,8);1H,2H3/b;4-2-,11-5+;;. The third-order valence-electron chi connectivity index (χ3n) is 7.53. The van der Waals surface area contributed by atoms with Crippen LogP contribution in [-0.2, 0) is 14.3 Å². The lowest BCUT2D eigenvalue weighted by Crippen LogP contribution is -2.45. The predicted octanol–water partition coefficient (Wildman–Crippen LogP) is 5.97. The number of aromatic nitrogens is 1. The second kappa shape index (κ2) is 19.4. The van der Waals surface area contributed by atoms with E-state index in [2.05, 4.69) is 44.3 Å². The van der Waals surface area contributed by atoms with E-state index in [1.54, 1.807) is 50.2 Å². The number of aliphatic imine (C=N–C) groups is 1. The van der Waals surface area contributed by atoms with Gasteiger partial charge in [-0.2, -0.15) is 13.2 Å². The molecule has 5 rings (SSSR count). The van der Waals surface area contributed by atoms with Gasteiger partial charge in [0.05, 0.1) is 30.7 Å². The van der Waals surface area contributed by atoms with Crippen molar-refractivity contribution in [1.29, 1.82) is 0 Å². The van der Waals surface area contributed by atoms with Crippen LogP contribution < -0.4 is 10.2 Å². The fourth-order valence-corrected chi connectivity index (χ4v) is 4.75. The van der Waals surface area contributed by atoms with Crippen LogP contribution in [0.4, 0.5) is 23.7 Å². The summed E-state index contributed by atoms with van der Waals surface area (Å²) in [6.45, 7) is 8.08. The zero-order valence-electron chi connectivity index (χ0n) is 28.7. The van der Waals surface area contributed by atoms with Crippen molar-refractivity contribution in [2.45, 2.75) is 45.4 Å². The highest BCUT2D eigenvalue weighted by Gasteiger charge is 2.47. The first kappa shape index (κ1) is 40.5. The topological polar surface area (TPSA) is 117 Å². The maximum Gasteiger partial charge on any atom is 0.416 e. The molecule has 49 heavy (non-hydrogen) atoms. The number of allylic oxidation sites excluding steroid dienone is 2. The Labute approximate surface area is 286 Å². The van der Waals surface area contributed by atoms with Gasteiger partial charge in [-0.25, -0.2) is 4.79 Å². The number of carboxylic acids is 1. The number of amides is 1. The lowest BCUT2D eigenvalue weighted by molar-refractivity contribution is -0.149. The van der Waals surface area contributed by atoms with Crippen LogP contribution in [0, 0.1) is 17.8 Å². The molecule has 1 spiro atoms. The van der Waals surface area contributed by atoms with Crippen molar-refractivity contribution in [3.8, 4) is 12.3 Å². The van der Waals surface area contributed by atoms with Gasteiger partial charge in [0.15, 0.2) is 0 Å². The van der Waals surface area contributed by atoms with Gasteiger partial charge in [0, 0.05) is 63.2 Å². The average molecular weight is 686 g/mol. The fourth-order valence-electron chi connectivity index (χ4n) is 4.75. The summed E-state index contributed by atoms with van der Waals surface area (Å²) in [5.74, 6) is 1.96. The monoisotopic (exact) mass is 685 g/mol. The number of likely N-dealkylation sites (tertiary alicyclic amines) is 1. The number of piperidine rings is 1. The second-order valence-corrected chi connectivity index (χ2v) is 12.1. The van der Waals surface area contributed by atoms with E-state index in [0.717, 1.165) is 49.3 Å². The molecule has 4 heterocycles. The number of hydrogen-bond acceptors (Lipinski definition) is 8. The van der Waals surface area contributed by atoms with Gasteiger partial charge in [-0.1, -0.05) is 36.4 Å². The molecule has 3 aliphatic heterocycles. The number of anilines is 1. The Morgan fingerprint density at radius 3 is 2.35 bits per heavy atom. The van der Waals surface area contributed by atoms with Gasteiger partial charge in [0.25, 0.3) is 0 Å². The van der Waals surface area contributed by atoms with E-state index < -0.39 is 23.1 Å². The fraction of sp³-hybridized carbons (Fsp3) is 0.444. The maximum atomic E-state index is 12.6. The molecule has 3 aliphatic rings. The number of aliphatic carboxylic acids is 1. The minimum Gasteiger partial charge on any atom is -0.481 e. The summed E-state index contributed by atoms with van der Waals surface area (Å²) >= 11 is 0. The van der Waals surface area contributed by atoms with E-state index in [0.29, 0.717) is 12.4 Å². The second-order valence-electron chi connectivity index (χ2n) is 12.1. The number of rotatable bonds is 5. The molecule has 1 aromatic carbocycles. The Kier molecular flexibility index (Phi) is 16.0. The van der Waals surface area contributed by atoms with Gasteiger partial charge in [-0.3, -0.25) is 19.7 Å². The molecule has 0 aliphatic carbocycles. The van der Waals surface area contributed by atoms with E-state index in [4.69, 9.17) is 9.84 Å². The number of para-hydroxylation sites is 1. The van der Waals surface area contributed by atoms with E-state index in [1.807, 2.05) is 30.3 Å². The van der Waals surface area contributed by atoms with Gasteiger partial charge in [-0.05, 0) is 52.1 Å². The number of carboxylic acid groups (broad SMARTS) is 1. The van der Waals surface area contributed by atoms with Gasteiger partial charge in [0.2, 0.25) is 0 Å². The van der Waals surface area contributed by atoms with Crippen molar-refractivity contribution >= 4 is 23.6 Å². The summed E-state index contributed by atoms with van der Waals surface area (Å²) in [6, 6.07) is 13.3. The van der Waals surface area contributed by atoms with E-state index in [-0.39, 0.29) is 31.4 Å². The predicted molar refractivity (Wildman–Crippen MR) is 184 cm³/mol. The number of halogens is 3. The third kappa shape index (κ3) is 13.4. The van der Waals surface area contributed by atoms with Crippen LogP contribution in [0.1, 0.15) is 39.2 Å². The summed E-state index contributed by atoms with van der Waals surface area (Å²) < 4.78 is 48.2. The molecule has 1 aromatic heterocycles. The molecule has 0 atom stereocenters. The first-order chi connectivity index (χ1) is 23.2.